The van der Waals surface area contributed by atoms with Crippen molar-refractivity contribution in [2.24, 2.45) is 5.41 Å². The van der Waals surface area contributed by atoms with Gasteiger partial charge in [0.1, 0.15) is 31.9 Å². The second-order valence-electron chi connectivity index (χ2n) is 9.85. The maximum absolute atomic E-state index is 13.0. The number of nitrogens with zero attached hydrogens (tertiary/aromatic N) is 4. The molecule has 7 nitrogen and oxygen atoms in total. The molecule has 1 saturated heterocycles. The molecule has 1 aromatic heterocycles. The van der Waals surface area contributed by atoms with E-state index >= 15 is 0 Å². The van der Waals surface area contributed by atoms with Crippen LogP contribution in [0.2, 0.25) is 0 Å². The molecule has 7 heteroatoms. The van der Waals surface area contributed by atoms with Crippen LogP contribution >= 0.6 is 0 Å². The Morgan fingerprint density at radius 2 is 1.83 bits per heavy atom. The summed E-state index contributed by atoms with van der Waals surface area (Å²) in [5.74, 6) is 0.203. The molecular weight excluding hydrogens is 376 g/mol. The second kappa shape index (κ2) is 10.2. The molecule has 2 aromatic rings. The van der Waals surface area contributed by atoms with E-state index in [1.807, 2.05) is 41.4 Å². The molecule has 0 saturated carbocycles. The van der Waals surface area contributed by atoms with Gasteiger partial charge >= 0.3 is 0 Å². The van der Waals surface area contributed by atoms with E-state index in [1.54, 1.807) is 14.5 Å². The van der Waals surface area contributed by atoms with Crippen molar-refractivity contribution in [3.63, 3.8) is 0 Å². The van der Waals surface area contributed by atoms with Gasteiger partial charge in [0.05, 0.1) is 32.0 Å². The number of nitrogens with one attached hydrogen (secondary N) is 2. The minimum atomic E-state index is -0.0253. The standard InChI is InChI=1S/C23H36N6O/c1-23(2,3)17-22(30)28(12-8-11-27-15-13-26(4)14-16-27)18-20-19-29(25-24-20)21-9-6-5-7-10-21/h5-7,9-10,19H,8,11-18H2,1-4H3/p+2. The van der Waals surface area contributed by atoms with Gasteiger partial charge in [0.15, 0.2) is 0 Å². The quantitative estimate of drug-likeness (QED) is 0.631. The molecule has 0 bridgehead atoms. The molecule has 0 spiro atoms. The van der Waals surface area contributed by atoms with Crippen LogP contribution in [0.4, 0.5) is 0 Å². The minimum absolute atomic E-state index is 0.0253. The molecule has 1 aliphatic heterocycles. The van der Waals surface area contributed by atoms with Crippen molar-refractivity contribution >= 4 is 5.91 Å². The fourth-order valence-corrected chi connectivity index (χ4v) is 3.93. The molecule has 1 amide bonds. The molecular formula is C23H38N6O+2. The Hall–Kier alpha value is -2.25. The summed E-state index contributed by atoms with van der Waals surface area (Å²) in [6.45, 7) is 13.7. The van der Waals surface area contributed by atoms with Gasteiger partial charge in [-0.3, -0.25) is 4.79 Å². The fourth-order valence-electron chi connectivity index (χ4n) is 3.93. The van der Waals surface area contributed by atoms with Gasteiger partial charge in [-0.15, -0.1) is 5.10 Å². The number of quaternary nitrogens is 2. The predicted octanol–water partition coefficient (Wildman–Crippen LogP) is -0.165. The van der Waals surface area contributed by atoms with E-state index in [1.165, 1.54) is 26.2 Å². The van der Waals surface area contributed by atoms with Crippen molar-refractivity contribution in [3.05, 3.63) is 42.2 Å². The monoisotopic (exact) mass is 414 g/mol. The molecule has 164 valence electrons. The number of carbonyl (C=O) groups excluding carboxylic acids is 1. The van der Waals surface area contributed by atoms with Gasteiger partial charge in [-0.05, 0) is 17.5 Å². The van der Waals surface area contributed by atoms with Gasteiger partial charge in [-0.2, -0.15) is 0 Å². The van der Waals surface area contributed by atoms with Gasteiger partial charge < -0.3 is 14.7 Å². The SMILES string of the molecule is C[NH+]1CC[NH+](CCCN(Cc2cn(-c3ccccc3)nn2)C(=O)CC(C)(C)C)CC1. The van der Waals surface area contributed by atoms with E-state index in [0.717, 1.165) is 30.9 Å². The number of hydrogen-bond donors (Lipinski definition) is 2. The van der Waals surface area contributed by atoms with E-state index in [9.17, 15) is 4.79 Å². The predicted molar refractivity (Wildman–Crippen MR) is 118 cm³/mol. The third kappa shape index (κ3) is 6.92. The number of likely N-dealkylation sites (N-methyl/N-ethyl adjacent to an activating group) is 1. The zero-order valence-corrected chi connectivity index (χ0v) is 19.0. The lowest BCUT2D eigenvalue weighted by Crippen LogP contribution is -3.27. The molecule has 1 aromatic carbocycles. The van der Waals surface area contributed by atoms with Gasteiger partial charge in [0, 0.05) is 19.4 Å². The summed E-state index contributed by atoms with van der Waals surface area (Å²) in [6, 6.07) is 9.96. The van der Waals surface area contributed by atoms with Crippen LogP contribution in [0, 0.1) is 5.41 Å². The Labute approximate surface area is 180 Å². The van der Waals surface area contributed by atoms with Crippen LogP contribution in [0.5, 0.6) is 0 Å². The molecule has 3 rings (SSSR count). The highest BCUT2D eigenvalue weighted by molar-refractivity contribution is 5.76. The third-order valence-electron chi connectivity index (χ3n) is 5.72. The van der Waals surface area contributed by atoms with Gasteiger partial charge in [-0.1, -0.05) is 44.2 Å². The lowest BCUT2D eigenvalue weighted by Gasteiger charge is -2.29. The molecule has 0 radical (unpaired) electrons. The Bertz CT molecular complexity index is 790. The van der Waals surface area contributed by atoms with Crippen molar-refractivity contribution in [3.8, 4) is 5.69 Å². The Kier molecular flexibility index (Phi) is 7.61. The number of hydrogen-bond acceptors (Lipinski definition) is 3. The van der Waals surface area contributed by atoms with Crippen LogP contribution < -0.4 is 9.80 Å². The van der Waals surface area contributed by atoms with Gasteiger partial charge in [0.25, 0.3) is 0 Å². The summed E-state index contributed by atoms with van der Waals surface area (Å²) in [6.07, 6.45) is 3.50. The lowest BCUT2D eigenvalue weighted by molar-refractivity contribution is -1.00. The molecule has 1 aliphatic rings. The highest BCUT2D eigenvalue weighted by Crippen LogP contribution is 2.20. The number of amides is 1. The van der Waals surface area contributed by atoms with Gasteiger partial charge in [0.2, 0.25) is 5.91 Å². The zero-order chi connectivity index (χ0) is 21.6. The number of rotatable bonds is 8. The van der Waals surface area contributed by atoms with E-state index in [2.05, 4.69) is 38.1 Å². The number of aromatic nitrogens is 3. The normalized spacial score (nSPS) is 19.6. The van der Waals surface area contributed by atoms with E-state index < -0.39 is 0 Å². The first-order valence-corrected chi connectivity index (χ1v) is 11.2. The number of para-hydroxylation sites is 1. The molecule has 0 atom stereocenters. The Morgan fingerprint density at radius 3 is 2.50 bits per heavy atom. The average Bonchev–Trinajstić information content (AvgIpc) is 3.17. The van der Waals surface area contributed by atoms with Crippen LogP contribution in [-0.2, 0) is 11.3 Å². The lowest BCUT2D eigenvalue weighted by atomic mass is 9.91. The summed E-state index contributed by atoms with van der Waals surface area (Å²) in [5, 5.41) is 8.59. The summed E-state index contributed by atoms with van der Waals surface area (Å²) in [4.78, 5) is 18.3. The van der Waals surface area contributed by atoms with Crippen LogP contribution in [0.25, 0.3) is 5.69 Å². The topological polar surface area (TPSA) is 59.9 Å². The maximum atomic E-state index is 13.0. The summed E-state index contributed by atoms with van der Waals surface area (Å²) in [7, 11) is 2.27. The smallest absolute Gasteiger partial charge is 0.223 e. The van der Waals surface area contributed by atoms with Crippen LogP contribution in [-0.4, -0.2) is 72.1 Å². The molecule has 1 fully saturated rings. The minimum Gasteiger partial charge on any atom is -0.336 e. The molecule has 0 unspecified atom stereocenters. The van der Waals surface area contributed by atoms with E-state index in [4.69, 9.17) is 0 Å². The van der Waals surface area contributed by atoms with Crippen molar-refractivity contribution < 1.29 is 14.6 Å². The first-order chi connectivity index (χ1) is 14.3. The number of benzene rings is 1. The van der Waals surface area contributed by atoms with E-state index in [-0.39, 0.29) is 11.3 Å². The highest BCUT2D eigenvalue weighted by Gasteiger charge is 2.24. The van der Waals surface area contributed by atoms with Crippen LogP contribution in [0.1, 0.15) is 39.3 Å². The molecule has 30 heavy (non-hydrogen) atoms. The number of piperazine rings is 1. The van der Waals surface area contributed by atoms with Gasteiger partial charge in [-0.25, -0.2) is 4.68 Å². The van der Waals surface area contributed by atoms with Crippen molar-refractivity contribution in [2.75, 3.05) is 46.3 Å². The summed E-state index contributed by atoms with van der Waals surface area (Å²) >= 11 is 0. The Balaban J connectivity index is 1.61. The fraction of sp³-hybridized carbons (Fsp3) is 0.609. The first-order valence-electron chi connectivity index (χ1n) is 11.2. The summed E-state index contributed by atoms with van der Waals surface area (Å²) in [5.41, 5.74) is 1.78. The van der Waals surface area contributed by atoms with E-state index in [0.29, 0.717) is 13.0 Å². The molecule has 0 aliphatic carbocycles. The van der Waals surface area contributed by atoms with Crippen molar-refractivity contribution in [1.29, 1.82) is 0 Å². The molecule has 2 N–H and O–H groups in total. The highest BCUT2D eigenvalue weighted by atomic mass is 16.2. The zero-order valence-electron chi connectivity index (χ0n) is 19.0. The Morgan fingerprint density at radius 1 is 1.13 bits per heavy atom. The summed E-state index contributed by atoms with van der Waals surface area (Å²) < 4.78 is 1.78. The third-order valence-corrected chi connectivity index (χ3v) is 5.72. The average molecular weight is 415 g/mol. The number of carbonyl (C=O) groups is 1. The largest absolute Gasteiger partial charge is 0.336 e. The van der Waals surface area contributed by atoms with Crippen LogP contribution in [0.15, 0.2) is 36.5 Å². The van der Waals surface area contributed by atoms with Crippen LogP contribution in [0.3, 0.4) is 0 Å². The maximum Gasteiger partial charge on any atom is 0.223 e. The van der Waals surface area contributed by atoms with Crippen molar-refractivity contribution in [1.82, 2.24) is 19.9 Å². The first kappa shape index (κ1) is 22.4. The molecule has 2 heterocycles. The second-order valence-corrected chi connectivity index (χ2v) is 9.85. The van der Waals surface area contributed by atoms with Crippen molar-refractivity contribution in [2.45, 2.75) is 40.2 Å².